The Morgan fingerprint density at radius 2 is 1.73 bits per heavy atom. The van der Waals surface area contributed by atoms with Crippen molar-refractivity contribution in [1.29, 1.82) is 0 Å². The van der Waals surface area contributed by atoms with Gasteiger partial charge in [-0.2, -0.15) is 0 Å². The van der Waals surface area contributed by atoms with Crippen molar-refractivity contribution in [2.75, 3.05) is 17.2 Å². The molecule has 0 radical (unpaired) electrons. The van der Waals surface area contributed by atoms with E-state index in [1.807, 2.05) is 0 Å². The Hall–Kier alpha value is -1.70. The zero-order valence-corrected chi connectivity index (χ0v) is 8.75. The molecule has 2 aromatic rings. The van der Waals surface area contributed by atoms with E-state index in [4.69, 9.17) is 0 Å². The van der Waals surface area contributed by atoms with Crippen LogP contribution in [0.5, 0.6) is 0 Å². The Kier molecular flexibility index (Phi) is 1.81. The van der Waals surface area contributed by atoms with E-state index in [0.717, 1.165) is 6.54 Å². The second kappa shape index (κ2) is 3.16. The third-order valence-electron chi connectivity index (χ3n) is 2.89. The first-order valence-electron chi connectivity index (χ1n) is 5.36. The fourth-order valence-corrected chi connectivity index (χ4v) is 2.09. The predicted molar refractivity (Wildman–Crippen MR) is 65.5 cm³/mol. The van der Waals surface area contributed by atoms with Crippen LogP contribution in [0.3, 0.4) is 0 Å². The zero-order valence-electron chi connectivity index (χ0n) is 8.75. The van der Waals surface area contributed by atoms with Gasteiger partial charge in [0.2, 0.25) is 0 Å². The van der Waals surface area contributed by atoms with E-state index in [1.165, 1.54) is 22.1 Å². The molecule has 1 aliphatic rings. The van der Waals surface area contributed by atoms with E-state index in [9.17, 15) is 0 Å². The van der Waals surface area contributed by atoms with Crippen LogP contribution in [0.1, 0.15) is 6.92 Å². The third-order valence-corrected chi connectivity index (χ3v) is 2.89. The minimum absolute atomic E-state index is 0.499. The van der Waals surface area contributed by atoms with Crippen molar-refractivity contribution in [1.82, 2.24) is 0 Å². The molecule has 2 nitrogen and oxygen atoms in total. The lowest BCUT2D eigenvalue weighted by Crippen LogP contribution is -2.29. The SMILES string of the molecule is CC1CNc2cc3ccccc3cc2N1. The first-order chi connectivity index (χ1) is 7.33. The second-order valence-electron chi connectivity index (χ2n) is 4.17. The van der Waals surface area contributed by atoms with Crippen molar-refractivity contribution in [3.8, 4) is 0 Å². The molecule has 76 valence electrons. The molecule has 0 aromatic heterocycles. The predicted octanol–water partition coefficient (Wildman–Crippen LogP) is 3.07. The standard InChI is InChI=1S/C13H14N2/c1-9-8-14-12-6-10-4-2-3-5-11(10)7-13(12)15-9/h2-7,9,14-15H,8H2,1H3. The average molecular weight is 198 g/mol. The van der Waals surface area contributed by atoms with Gasteiger partial charge < -0.3 is 10.6 Å². The highest BCUT2D eigenvalue weighted by Gasteiger charge is 2.13. The molecule has 0 spiro atoms. The third kappa shape index (κ3) is 1.42. The highest BCUT2D eigenvalue weighted by molar-refractivity contribution is 5.92. The minimum Gasteiger partial charge on any atom is -0.381 e. The summed E-state index contributed by atoms with van der Waals surface area (Å²) < 4.78 is 0. The Morgan fingerprint density at radius 1 is 1.07 bits per heavy atom. The maximum atomic E-state index is 3.49. The number of rotatable bonds is 0. The number of hydrogen-bond acceptors (Lipinski definition) is 2. The first kappa shape index (κ1) is 8.60. The Balaban J connectivity index is 2.20. The summed E-state index contributed by atoms with van der Waals surface area (Å²) in [6.45, 7) is 3.18. The van der Waals surface area contributed by atoms with Crippen molar-refractivity contribution in [3.05, 3.63) is 36.4 Å². The number of anilines is 2. The van der Waals surface area contributed by atoms with Gasteiger partial charge in [-0.05, 0) is 29.8 Å². The topological polar surface area (TPSA) is 24.1 Å². The van der Waals surface area contributed by atoms with Gasteiger partial charge in [0.1, 0.15) is 0 Å². The molecule has 1 heterocycles. The summed E-state index contributed by atoms with van der Waals surface area (Å²) in [6, 6.07) is 13.4. The second-order valence-corrected chi connectivity index (χ2v) is 4.17. The van der Waals surface area contributed by atoms with Crippen LogP contribution >= 0.6 is 0 Å². The van der Waals surface area contributed by atoms with Gasteiger partial charge in [0, 0.05) is 12.6 Å². The van der Waals surface area contributed by atoms with Gasteiger partial charge in [-0.1, -0.05) is 24.3 Å². The van der Waals surface area contributed by atoms with Crippen LogP contribution < -0.4 is 10.6 Å². The number of hydrogen-bond donors (Lipinski definition) is 2. The highest BCUT2D eigenvalue weighted by Crippen LogP contribution is 2.30. The summed E-state index contributed by atoms with van der Waals surface area (Å²) in [5, 5.41) is 9.51. The van der Waals surface area contributed by atoms with E-state index in [0.29, 0.717) is 6.04 Å². The van der Waals surface area contributed by atoms with Gasteiger partial charge in [-0.3, -0.25) is 0 Å². The van der Waals surface area contributed by atoms with Crippen LogP contribution in [0.4, 0.5) is 11.4 Å². The lowest BCUT2D eigenvalue weighted by molar-refractivity contribution is 0.818. The van der Waals surface area contributed by atoms with Gasteiger partial charge >= 0.3 is 0 Å². The highest BCUT2D eigenvalue weighted by atomic mass is 15.1. The van der Waals surface area contributed by atoms with Crippen LogP contribution in [-0.2, 0) is 0 Å². The molecule has 0 fully saturated rings. The van der Waals surface area contributed by atoms with Crippen LogP contribution in [0, 0.1) is 0 Å². The molecule has 0 bridgehead atoms. The largest absolute Gasteiger partial charge is 0.381 e. The lowest BCUT2D eigenvalue weighted by Gasteiger charge is -2.26. The van der Waals surface area contributed by atoms with Gasteiger partial charge in [0.25, 0.3) is 0 Å². The van der Waals surface area contributed by atoms with E-state index >= 15 is 0 Å². The number of benzene rings is 2. The maximum absolute atomic E-state index is 3.49. The Labute approximate surface area is 89.3 Å². The molecular weight excluding hydrogens is 184 g/mol. The Bertz CT molecular complexity index is 505. The first-order valence-corrected chi connectivity index (χ1v) is 5.36. The monoisotopic (exact) mass is 198 g/mol. The van der Waals surface area contributed by atoms with E-state index in [1.54, 1.807) is 0 Å². The molecule has 2 heteroatoms. The lowest BCUT2D eigenvalue weighted by atomic mass is 10.1. The van der Waals surface area contributed by atoms with Crippen molar-refractivity contribution < 1.29 is 0 Å². The molecule has 0 saturated carbocycles. The van der Waals surface area contributed by atoms with E-state index in [2.05, 4.69) is 54.0 Å². The maximum Gasteiger partial charge on any atom is 0.0585 e. The number of fused-ring (bicyclic) bond motifs is 2. The van der Waals surface area contributed by atoms with Crippen molar-refractivity contribution in [2.45, 2.75) is 13.0 Å². The van der Waals surface area contributed by atoms with E-state index < -0.39 is 0 Å². The quantitative estimate of drug-likeness (QED) is 0.679. The van der Waals surface area contributed by atoms with Gasteiger partial charge in [0.05, 0.1) is 11.4 Å². The number of nitrogens with one attached hydrogen (secondary N) is 2. The minimum atomic E-state index is 0.499. The van der Waals surface area contributed by atoms with Gasteiger partial charge in [-0.15, -0.1) is 0 Å². The fourth-order valence-electron chi connectivity index (χ4n) is 2.09. The molecule has 1 atom stereocenters. The molecular formula is C13H14N2. The van der Waals surface area contributed by atoms with Crippen molar-refractivity contribution in [3.63, 3.8) is 0 Å². The molecule has 3 rings (SSSR count). The molecule has 0 aliphatic carbocycles. The van der Waals surface area contributed by atoms with Crippen molar-refractivity contribution >= 4 is 22.1 Å². The van der Waals surface area contributed by atoms with Crippen molar-refractivity contribution in [2.24, 2.45) is 0 Å². The van der Waals surface area contributed by atoms with Gasteiger partial charge in [-0.25, -0.2) is 0 Å². The molecule has 2 aromatic carbocycles. The summed E-state index contributed by atoms with van der Waals surface area (Å²) in [4.78, 5) is 0. The average Bonchev–Trinajstić information content (AvgIpc) is 2.26. The van der Waals surface area contributed by atoms with E-state index in [-0.39, 0.29) is 0 Å². The molecule has 0 amide bonds. The molecule has 1 aliphatic heterocycles. The summed E-state index contributed by atoms with van der Waals surface area (Å²) in [5.74, 6) is 0. The van der Waals surface area contributed by atoms with Gasteiger partial charge in [0.15, 0.2) is 0 Å². The summed E-state index contributed by atoms with van der Waals surface area (Å²) in [5.41, 5.74) is 2.43. The van der Waals surface area contributed by atoms with Crippen LogP contribution in [0.25, 0.3) is 10.8 Å². The normalized spacial score (nSPS) is 19.1. The van der Waals surface area contributed by atoms with Crippen LogP contribution in [0.2, 0.25) is 0 Å². The van der Waals surface area contributed by atoms with Crippen LogP contribution in [-0.4, -0.2) is 12.6 Å². The molecule has 0 saturated heterocycles. The molecule has 15 heavy (non-hydrogen) atoms. The molecule has 2 N–H and O–H groups in total. The molecule has 1 unspecified atom stereocenters. The van der Waals surface area contributed by atoms with Crippen LogP contribution in [0.15, 0.2) is 36.4 Å². The summed E-state index contributed by atoms with van der Waals surface area (Å²) in [6.07, 6.45) is 0. The Morgan fingerprint density at radius 3 is 2.47 bits per heavy atom. The zero-order chi connectivity index (χ0) is 10.3. The smallest absolute Gasteiger partial charge is 0.0585 e. The summed E-state index contributed by atoms with van der Waals surface area (Å²) in [7, 11) is 0. The fraction of sp³-hybridized carbons (Fsp3) is 0.231. The summed E-state index contributed by atoms with van der Waals surface area (Å²) >= 11 is 0.